The molecule has 0 bridgehead atoms. The van der Waals surface area contributed by atoms with Gasteiger partial charge in [-0.3, -0.25) is 4.98 Å². The zero-order chi connectivity index (χ0) is 11.3. The minimum Gasteiger partial charge on any atom is -0.307 e. The highest BCUT2D eigenvalue weighted by atomic mass is 16.1. The lowest BCUT2D eigenvalue weighted by atomic mass is 10.1. The van der Waals surface area contributed by atoms with Crippen LogP contribution in [0.1, 0.15) is 18.2 Å². The lowest BCUT2D eigenvalue weighted by Crippen LogP contribution is -1.88. The topological polar surface area (TPSA) is 30.0 Å². The molecule has 0 amide bonds. The molecular weight excluding hydrogens is 186 g/mol. The number of aromatic nitrogens is 1. The number of aryl methyl sites for hydroxylation is 2. The molecule has 0 fully saturated rings. The summed E-state index contributed by atoms with van der Waals surface area (Å²) in [6.45, 7) is 6.25. The molecule has 2 nitrogen and oxygen atoms in total. The van der Waals surface area contributed by atoms with Crippen molar-refractivity contribution in [2.75, 3.05) is 0 Å². The van der Waals surface area contributed by atoms with E-state index in [1.165, 1.54) is 10.9 Å². The van der Waals surface area contributed by atoms with Crippen LogP contribution in [-0.4, -0.2) is 11.8 Å². The van der Waals surface area contributed by atoms with Crippen molar-refractivity contribution in [1.82, 2.24) is 4.98 Å². The molecule has 1 heterocycles. The Hall–Kier alpha value is -1.70. The molecule has 0 saturated heterocycles. The lowest BCUT2D eigenvalue weighted by Gasteiger charge is -2.02. The maximum Gasteiger partial charge on any atom is 0.106 e. The Morgan fingerprint density at radius 3 is 2.60 bits per heavy atom. The monoisotopic (exact) mass is 201 g/mol. The van der Waals surface area contributed by atoms with Crippen LogP contribution in [-0.2, 0) is 11.2 Å². The molecule has 78 valence electrons. The normalized spacial score (nSPS) is 9.47. The van der Waals surface area contributed by atoms with Crippen molar-refractivity contribution < 1.29 is 4.79 Å². The Morgan fingerprint density at radius 1 is 1.20 bits per heavy atom. The van der Waals surface area contributed by atoms with E-state index < -0.39 is 0 Å². The molecule has 0 aliphatic heterocycles. The highest BCUT2D eigenvalue weighted by molar-refractivity contribution is 5.81. The molecule has 0 spiro atoms. The Balaban J connectivity index is 0.000000531. The fourth-order valence-electron chi connectivity index (χ4n) is 1.55. The van der Waals surface area contributed by atoms with E-state index in [4.69, 9.17) is 4.79 Å². The summed E-state index contributed by atoms with van der Waals surface area (Å²) < 4.78 is 0. The Labute approximate surface area is 90.0 Å². The van der Waals surface area contributed by atoms with Crippen LogP contribution in [0.15, 0.2) is 30.3 Å². The van der Waals surface area contributed by atoms with Gasteiger partial charge in [-0.25, -0.2) is 0 Å². The number of hydrogen-bond acceptors (Lipinski definition) is 2. The molecule has 2 aromatic rings. The van der Waals surface area contributed by atoms with Crippen LogP contribution < -0.4 is 0 Å². The van der Waals surface area contributed by atoms with Gasteiger partial charge in [0, 0.05) is 11.1 Å². The summed E-state index contributed by atoms with van der Waals surface area (Å²) in [5.41, 5.74) is 3.57. The predicted molar refractivity (Wildman–Crippen MR) is 63.0 cm³/mol. The lowest BCUT2D eigenvalue weighted by molar-refractivity contribution is -0.0979. The number of fused-ring (bicyclic) bond motifs is 1. The standard InChI is InChI=1S/C12H13N.CH2O/c1-3-10-7-8-11-9(2)5-4-6-12(11)13-10;1-2/h4-8H,3H2,1-2H3;1H2. The number of hydrogen-bond donors (Lipinski definition) is 0. The second-order valence-corrected chi connectivity index (χ2v) is 3.30. The number of benzene rings is 1. The zero-order valence-corrected chi connectivity index (χ0v) is 9.16. The largest absolute Gasteiger partial charge is 0.307 e. The molecule has 0 unspecified atom stereocenters. The maximum absolute atomic E-state index is 8.00. The van der Waals surface area contributed by atoms with Gasteiger partial charge in [0.25, 0.3) is 0 Å². The first-order valence-electron chi connectivity index (χ1n) is 4.95. The molecule has 0 aliphatic rings. The summed E-state index contributed by atoms with van der Waals surface area (Å²) in [5, 5.41) is 1.26. The number of carbonyl (C=O) groups is 1. The molecule has 0 atom stereocenters. The first-order chi connectivity index (χ1) is 7.31. The molecule has 2 heteroatoms. The van der Waals surface area contributed by atoms with E-state index in [-0.39, 0.29) is 0 Å². The van der Waals surface area contributed by atoms with E-state index in [9.17, 15) is 0 Å². The van der Waals surface area contributed by atoms with Crippen molar-refractivity contribution in [2.24, 2.45) is 0 Å². The minimum absolute atomic E-state index is 1.00. The highest BCUT2D eigenvalue weighted by Gasteiger charge is 1.98. The van der Waals surface area contributed by atoms with Crippen LogP contribution in [0.4, 0.5) is 0 Å². The number of rotatable bonds is 1. The van der Waals surface area contributed by atoms with E-state index >= 15 is 0 Å². The van der Waals surface area contributed by atoms with Gasteiger partial charge < -0.3 is 4.79 Å². The van der Waals surface area contributed by atoms with E-state index in [0.29, 0.717) is 0 Å². The average molecular weight is 201 g/mol. The van der Waals surface area contributed by atoms with E-state index in [0.717, 1.165) is 17.6 Å². The molecule has 1 aromatic heterocycles. The number of carbonyl (C=O) groups excluding carboxylic acids is 1. The smallest absolute Gasteiger partial charge is 0.106 e. The number of pyridine rings is 1. The third-order valence-electron chi connectivity index (χ3n) is 2.37. The average Bonchev–Trinajstić information content (AvgIpc) is 2.31. The highest BCUT2D eigenvalue weighted by Crippen LogP contribution is 2.16. The quantitative estimate of drug-likeness (QED) is 0.710. The second-order valence-electron chi connectivity index (χ2n) is 3.30. The van der Waals surface area contributed by atoms with Crippen LogP contribution >= 0.6 is 0 Å². The van der Waals surface area contributed by atoms with Crippen LogP contribution in [0.25, 0.3) is 10.9 Å². The van der Waals surface area contributed by atoms with Gasteiger partial charge in [0.2, 0.25) is 0 Å². The molecule has 0 saturated carbocycles. The van der Waals surface area contributed by atoms with Crippen LogP contribution in [0.5, 0.6) is 0 Å². The first-order valence-corrected chi connectivity index (χ1v) is 4.95. The summed E-state index contributed by atoms with van der Waals surface area (Å²) in [7, 11) is 0. The van der Waals surface area contributed by atoms with E-state index in [1.807, 2.05) is 6.79 Å². The maximum atomic E-state index is 8.00. The van der Waals surface area contributed by atoms with Crippen LogP contribution in [0.3, 0.4) is 0 Å². The fourth-order valence-corrected chi connectivity index (χ4v) is 1.55. The molecule has 0 N–H and O–H groups in total. The van der Waals surface area contributed by atoms with Crippen molar-refractivity contribution in [3.63, 3.8) is 0 Å². The zero-order valence-electron chi connectivity index (χ0n) is 9.16. The molecular formula is C13H15NO. The molecule has 2 rings (SSSR count). The summed E-state index contributed by atoms with van der Waals surface area (Å²) in [6.07, 6.45) is 1.00. The Kier molecular flexibility index (Phi) is 3.98. The van der Waals surface area contributed by atoms with Crippen LogP contribution in [0.2, 0.25) is 0 Å². The van der Waals surface area contributed by atoms with Gasteiger partial charge >= 0.3 is 0 Å². The minimum atomic E-state index is 1.00. The predicted octanol–water partition coefficient (Wildman–Crippen LogP) is 2.92. The summed E-state index contributed by atoms with van der Waals surface area (Å²) in [6, 6.07) is 10.5. The number of nitrogens with zero attached hydrogens (tertiary/aromatic N) is 1. The van der Waals surface area contributed by atoms with Gasteiger partial charge in [-0.1, -0.05) is 25.1 Å². The summed E-state index contributed by atoms with van der Waals surface area (Å²) in [5.74, 6) is 0. The van der Waals surface area contributed by atoms with Crippen molar-refractivity contribution in [1.29, 1.82) is 0 Å². The third kappa shape index (κ3) is 2.40. The Bertz CT molecular complexity index is 451. The molecule has 0 aliphatic carbocycles. The van der Waals surface area contributed by atoms with Gasteiger partial charge in [-0.15, -0.1) is 0 Å². The first kappa shape index (κ1) is 11.4. The second kappa shape index (κ2) is 5.25. The SMILES string of the molecule is C=O.CCc1ccc2c(C)cccc2n1. The van der Waals surface area contributed by atoms with Gasteiger partial charge in [0.1, 0.15) is 6.79 Å². The van der Waals surface area contributed by atoms with Gasteiger partial charge in [-0.2, -0.15) is 0 Å². The van der Waals surface area contributed by atoms with Crippen LogP contribution in [0, 0.1) is 6.92 Å². The summed E-state index contributed by atoms with van der Waals surface area (Å²) >= 11 is 0. The van der Waals surface area contributed by atoms with E-state index in [2.05, 4.69) is 49.2 Å². The van der Waals surface area contributed by atoms with Gasteiger partial charge in [-0.05, 0) is 31.0 Å². The van der Waals surface area contributed by atoms with Crippen molar-refractivity contribution >= 4 is 17.7 Å². The third-order valence-corrected chi connectivity index (χ3v) is 2.37. The van der Waals surface area contributed by atoms with Gasteiger partial charge in [0.15, 0.2) is 0 Å². The molecule has 15 heavy (non-hydrogen) atoms. The Morgan fingerprint density at radius 2 is 1.93 bits per heavy atom. The molecule has 0 radical (unpaired) electrons. The molecule has 1 aromatic carbocycles. The fraction of sp³-hybridized carbons (Fsp3) is 0.231. The summed E-state index contributed by atoms with van der Waals surface area (Å²) in [4.78, 5) is 12.6. The van der Waals surface area contributed by atoms with Crippen molar-refractivity contribution in [3.05, 3.63) is 41.6 Å². The van der Waals surface area contributed by atoms with Gasteiger partial charge in [0.05, 0.1) is 5.52 Å². The van der Waals surface area contributed by atoms with E-state index in [1.54, 1.807) is 0 Å². The van der Waals surface area contributed by atoms with Crippen molar-refractivity contribution in [3.8, 4) is 0 Å². The van der Waals surface area contributed by atoms with Crippen molar-refractivity contribution in [2.45, 2.75) is 20.3 Å².